The molecule has 72 valence electrons. The lowest BCUT2D eigenvalue weighted by Crippen LogP contribution is -2.18. The Labute approximate surface area is 78.5 Å². The zero-order chi connectivity index (χ0) is 9.40. The summed E-state index contributed by atoms with van der Waals surface area (Å²) in [6.07, 6.45) is 0.610. The molecule has 0 aliphatic heterocycles. The molecule has 0 saturated heterocycles. The van der Waals surface area contributed by atoms with Crippen LogP contribution >= 0.6 is 11.8 Å². The van der Waals surface area contributed by atoms with Gasteiger partial charge in [-0.3, -0.25) is 4.79 Å². The van der Waals surface area contributed by atoms with Gasteiger partial charge in [-0.1, -0.05) is 6.92 Å². The molecule has 0 bridgehead atoms. The Morgan fingerprint density at radius 3 is 2.83 bits per heavy atom. The SMILES string of the molecule is CNC(=O)CCSCC(C)CN. The van der Waals surface area contributed by atoms with E-state index in [1.54, 1.807) is 18.8 Å². The van der Waals surface area contributed by atoms with Crippen molar-refractivity contribution in [2.24, 2.45) is 11.7 Å². The van der Waals surface area contributed by atoms with Crippen LogP contribution in [0.1, 0.15) is 13.3 Å². The first kappa shape index (κ1) is 11.8. The maximum Gasteiger partial charge on any atom is 0.220 e. The van der Waals surface area contributed by atoms with Crippen molar-refractivity contribution < 1.29 is 4.79 Å². The molecule has 0 aromatic carbocycles. The smallest absolute Gasteiger partial charge is 0.220 e. The number of nitrogens with two attached hydrogens (primary N) is 1. The summed E-state index contributed by atoms with van der Waals surface area (Å²) in [4.78, 5) is 10.8. The van der Waals surface area contributed by atoms with E-state index in [0.29, 0.717) is 12.3 Å². The number of carbonyl (C=O) groups excluding carboxylic acids is 1. The normalized spacial score (nSPS) is 12.6. The van der Waals surface area contributed by atoms with Crippen molar-refractivity contribution in [3.05, 3.63) is 0 Å². The molecule has 0 aliphatic carbocycles. The molecule has 1 unspecified atom stereocenters. The van der Waals surface area contributed by atoms with Crippen molar-refractivity contribution in [2.45, 2.75) is 13.3 Å². The van der Waals surface area contributed by atoms with Gasteiger partial charge in [0.05, 0.1) is 0 Å². The molecule has 0 heterocycles. The number of amides is 1. The maximum absolute atomic E-state index is 10.8. The van der Waals surface area contributed by atoms with E-state index in [1.807, 2.05) is 0 Å². The average Bonchev–Trinajstić information content (AvgIpc) is 2.11. The molecular formula is C8H18N2OS. The second kappa shape index (κ2) is 7.43. The topological polar surface area (TPSA) is 55.1 Å². The van der Waals surface area contributed by atoms with Gasteiger partial charge in [0.15, 0.2) is 0 Å². The summed E-state index contributed by atoms with van der Waals surface area (Å²) < 4.78 is 0. The summed E-state index contributed by atoms with van der Waals surface area (Å²) in [5.41, 5.74) is 5.45. The van der Waals surface area contributed by atoms with Crippen LogP contribution in [0.15, 0.2) is 0 Å². The van der Waals surface area contributed by atoms with Crippen molar-refractivity contribution in [3.63, 3.8) is 0 Å². The lowest BCUT2D eigenvalue weighted by atomic mass is 10.2. The van der Waals surface area contributed by atoms with Gasteiger partial charge in [-0.15, -0.1) is 0 Å². The Kier molecular flexibility index (Phi) is 7.29. The molecule has 1 atom stereocenters. The molecule has 0 spiro atoms. The standard InChI is InChI=1S/C8H18N2OS/c1-7(5-9)6-12-4-3-8(11)10-2/h7H,3-6,9H2,1-2H3,(H,10,11). The van der Waals surface area contributed by atoms with Crippen LogP contribution < -0.4 is 11.1 Å². The van der Waals surface area contributed by atoms with Gasteiger partial charge in [0.25, 0.3) is 0 Å². The van der Waals surface area contributed by atoms with Crippen LogP contribution in [0.2, 0.25) is 0 Å². The second-order valence-electron chi connectivity index (χ2n) is 2.84. The van der Waals surface area contributed by atoms with E-state index in [9.17, 15) is 4.79 Å². The van der Waals surface area contributed by atoms with Crippen LogP contribution in [0.25, 0.3) is 0 Å². The first-order chi connectivity index (χ1) is 5.70. The van der Waals surface area contributed by atoms with E-state index in [4.69, 9.17) is 5.73 Å². The van der Waals surface area contributed by atoms with Gasteiger partial charge in [-0.05, 0) is 18.2 Å². The molecule has 3 nitrogen and oxygen atoms in total. The highest BCUT2D eigenvalue weighted by atomic mass is 32.2. The van der Waals surface area contributed by atoms with Crippen LogP contribution in [-0.2, 0) is 4.79 Å². The molecule has 0 rings (SSSR count). The maximum atomic E-state index is 10.8. The molecule has 0 aromatic rings. The fourth-order valence-electron chi connectivity index (χ4n) is 0.642. The molecule has 1 amide bonds. The number of nitrogens with one attached hydrogen (secondary N) is 1. The zero-order valence-corrected chi connectivity index (χ0v) is 8.62. The first-order valence-electron chi connectivity index (χ1n) is 4.19. The number of carbonyl (C=O) groups is 1. The molecule has 0 radical (unpaired) electrons. The quantitative estimate of drug-likeness (QED) is 0.598. The minimum atomic E-state index is 0.114. The van der Waals surface area contributed by atoms with Gasteiger partial charge in [0.2, 0.25) is 5.91 Å². The number of rotatable bonds is 6. The van der Waals surface area contributed by atoms with Crippen LogP contribution in [0.5, 0.6) is 0 Å². The van der Waals surface area contributed by atoms with Gasteiger partial charge < -0.3 is 11.1 Å². The van der Waals surface area contributed by atoms with Crippen molar-refractivity contribution in [1.29, 1.82) is 0 Å². The second-order valence-corrected chi connectivity index (χ2v) is 3.99. The summed E-state index contributed by atoms with van der Waals surface area (Å²) in [6.45, 7) is 2.85. The Bertz CT molecular complexity index is 130. The van der Waals surface area contributed by atoms with Crippen LogP contribution in [0.3, 0.4) is 0 Å². The van der Waals surface area contributed by atoms with E-state index in [2.05, 4.69) is 12.2 Å². The lowest BCUT2D eigenvalue weighted by Gasteiger charge is -2.06. The van der Waals surface area contributed by atoms with Crippen LogP contribution in [0.4, 0.5) is 0 Å². The Hall–Kier alpha value is -0.220. The molecule has 4 heteroatoms. The van der Waals surface area contributed by atoms with E-state index in [1.165, 1.54) is 0 Å². The van der Waals surface area contributed by atoms with Crippen LogP contribution in [-0.4, -0.2) is 31.0 Å². The highest BCUT2D eigenvalue weighted by Gasteiger charge is 2.00. The highest BCUT2D eigenvalue weighted by Crippen LogP contribution is 2.07. The van der Waals surface area contributed by atoms with E-state index in [-0.39, 0.29) is 5.91 Å². The Morgan fingerprint density at radius 1 is 1.67 bits per heavy atom. The van der Waals surface area contributed by atoms with Gasteiger partial charge in [-0.25, -0.2) is 0 Å². The zero-order valence-electron chi connectivity index (χ0n) is 7.80. The van der Waals surface area contributed by atoms with Gasteiger partial charge in [0, 0.05) is 19.2 Å². The molecule has 3 N–H and O–H groups in total. The minimum absolute atomic E-state index is 0.114. The number of hydrogen-bond acceptors (Lipinski definition) is 3. The van der Waals surface area contributed by atoms with Crippen molar-refractivity contribution in [3.8, 4) is 0 Å². The fraction of sp³-hybridized carbons (Fsp3) is 0.875. The number of thioether (sulfide) groups is 1. The number of hydrogen-bond donors (Lipinski definition) is 2. The summed E-state index contributed by atoms with van der Waals surface area (Å²) in [6, 6.07) is 0. The van der Waals surface area contributed by atoms with E-state index >= 15 is 0 Å². The van der Waals surface area contributed by atoms with Crippen molar-refractivity contribution in [2.75, 3.05) is 25.1 Å². The first-order valence-corrected chi connectivity index (χ1v) is 5.34. The van der Waals surface area contributed by atoms with Crippen molar-refractivity contribution >= 4 is 17.7 Å². The Morgan fingerprint density at radius 2 is 2.33 bits per heavy atom. The molecule has 0 fully saturated rings. The van der Waals surface area contributed by atoms with Gasteiger partial charge >= 0.3 is 0 Å². The molecule has 0 saturated carbocycles. The summed E-state index contributed by atoms with van der Waals surface area (Å²) in [5.74, 6) is 2.61. The predicted octanol–water partition coefficient (Wildman–Crippen LogP) is 0.451. The Balaban J connectivity index is 3.15. The summed E-state index contributed by atoms with van der Waals surface area (Å²) in [7, 11) is 1.66. The fourth-order valence-corrected chi connectivity index (χ4v) is 1.68. The minimum Gasteiger partial charge on any atom is -0.359 e. The molecule has 0 aliphatic rings. The highest BCUT2D eigenvalue weighted by molar-refractivity contribution is 7.99. The third-order valence-corrected chi connectivity index (χ3v) is 2.85. The molecular weight excluding hydrogens is 172 g/mol. The predicted molar refractivity (Wildman–Crippen MR) is 54.2 cm³/mol. The molecule has 0 aromatic heterocycles. The van der Waals surface area contributed by atoms with E-state index < -0.39 is 0 Å². The summed E-state index contributed by atoms with van der Waals surface area (Å²) >= 11 is 1.79. The monoisotopic (exact) mass is 190 g/mol. The summed E-state index contributed by atoms with van der Waals surface area (Å²) in [5, 5.41) is 2.59. The lowest BCUT2D eigenvalue weighted by molar-refractivity contribution is -0.120. The third kappa shape index (κ3) is 6.49. The molecule has 12 heavy (non-hydrogen) atoms. The van der Waals surface area contributed by atoms with Gasteiger partial charge in [-0.2, -0.15) is 11.8 Å². The third-order valence-electron chi connectivity index (χ3n) is 1.56. The van der Waals surface area contributed by atoms with Gasteiger partial charge in [0.1, 0.15) is 0 Å². The van der Waals surface area contributed by atoms with E-state index in [0.717, 1.165) is 18.1 Å². The van der Waals surface area contributed by atoms with Crippen LogP contribution in [0, 0.1) is 5.92 Å². The average molecular weight is 190 g/mol. The largest absolute Gasteiger partial charge is 0.359 e. The van der Waals surface area contributed by atoms with Crippen molar-refractivity contribution in [1.82, 2.24) is 5.32 Å².